The summed E-state index contributed by atoms with van der Waals surface area (Å²) in [5.41, 5.74) is 9.66. The van der Waals surface area contributed by atoms with Crippen molar-refractivity contribution < 1.29 is 4.57 Å². The first kappa shape index (κ1) is 12.3. The third kappa shape index (κ3) is 1.81. The number of aromatic nitrogens is 1. The van der Waals surface area contributed by atoms with Crippen LogP contribution in [0.1, 0.15) is 16.7 Å². The van der Waals surface area contributed by atoms with Crippen LogP contribution in [0.15, 0.2) is 60.8 Å². The van der Waals surface area contributed by atoms with Crippen LogP contribution in [-0.4, -0.2) is 0 Å². The van der Waals surface area contributed by atoms with E-state index in [1.807, 2.05) is 0 Å². The number of nitrogens with zero attached hydrogens (tertiary/aromatic N) is 1. The van der Waals surface area contributed by atoms with E-state index in [4.69, 9.17) is 0 Å². The molecule has 0 fully saturated rings. The quantitative estimate of drug-likeness (QED) is 0.460. The lowest BCUT2D eigenvalue weighted by Crippen LogP contribution is -2.31. The summed E-state index contributed by atoms with van der Waals surface area (Å²) in [6, 6.07) is 19.7. The molecule has 1 aliphatic rings. The Bertz CT molecular complexity index is 846. The van der Waals surface area contributed by atoms with Crippen molar-refractivity contribution in [3.8, 4) is 22.4 Å². The van der Waals surface area contributed by atoms with Crippen molar-refractivity contribution >= 4 is 0 Å². The molecule has 0 unspecified atom stereocenters. The SMILES string of the molecule is Cc1ccccc1-c1c2c(cc[n+]1C)Cc1ccccc1-2. The number of pyridine rings is 1. The second-order valence-corrected chi connectivity index (χ2v) is 5.82. The highest BCUT2D eigenvalue weighted by Crippen LogP contribution is 2.41. The molecule has 0 atom stereocenters. The lowest BCUT2D eigenvalue weighted by Gasteiger charge is -2.09. The molecule has 3 aromatic rings. The average Bonchev–Trinajstić information content (AvgIpc) is 2.87. The molecule has 1 heteroatoms. The molecule has 0 amide bonds. The van der Waals surface area contributed by atoms with Gasteiger partial charge in [0.15, 0.2) is 6.20 Å². The summed E-state index contributed by atoms with van der Waals surface area (Å²) in [5.74, 6) is 0. The molecule has 0 radical (unpaired) electrons. The van der Waals surface area contributed by atoms with Crippen molar-refractivity contribution in [3.63, 3.8) is 0 Å². The Morgan fingerprint density at radius 2 is 1.52 bits per heavy atom. The lowest BCUT2D eigenvalue weighted by atomic mass is 9.96. The van der Waals surface area contributed by atoms with Crippen LogP contribution in [-0.2, 0) is 13.5 Å². The van der Waals surface area contributed by atoms with Gasteiger partial charge in [0, 0.05) is 11.6 Å². The van der Waals surface area contributed by atoms with Gasteiger partial charge in [-0.2, -0.15) is 0 Å². The van der Waals surface area contributed by atoms with Gasteiger partial charge in [-0.05, 0) is 41.7 Å². The molecule has 0 bridgehead atoms. The second kappa shape index (κ2) is 4.56. The van der Waals surface area contributed by atoms with Crippen molar-refractivity contribution in [3.05, 3.63) is 77.5 Å². The molecule has 102 valence electrons. The highest BCUT2D eigenvalue weighted by atomic mass is 14.9. The maximum Gasteiger partial charge on any atom is 0.220 e. The van der Waals surface area contributed by atoms with Gasteiger partial charge < -0.3 is 0 Å². The predicted octanol–water partition coefficient (Wildman–Crippen LogP) is 4.06. The fraction of sp³-hybridized carbons (Fsp3) is 0.150. The van der Waals surface area contributed by atoms with Gasteiger partial charge in [-0.3, -0.25) is 0 Å². The van der Waals surface area contributed by atoms with Crippen molar-refractivity contribution in [2.45, 2.75) is 13.3 Å². The lowest BCUT2D eigenvalue weighted by molar-refractivity contribution is -0.660. The van der Waals surface area contributed by atoms with E-state index in [0.29, 0.717) is 0 Å². The first-order valence-corrected chi connectivity index (χ1v) is 7.41. The second-order valence-electron chi connectivity index (χ2n) is 5.82. The Labute approximate surface area is 125 Å². The van der Waals surface area contributed by atoms with Crippen molar-refractivity contribution in [2.75, 3.05) is 0 Å². The minimum Gasteiger partial charge on any atom is -0.200 e. The monoisotopic (exact) mass is 272 g/mol. The van der Waals surface area contributed by atoms with Crippen molar-refractivity contribution in [2.24, 2.45) is 7.05 Å². The summed E-state index contributed by atoms with van der Waals surface area (Å²) in [4.78, 5) is 0. The summed E-state index contributed by atoms with van der Waals surface area (Å²) in [7, 11) is 2.14. The van der Waals surface area contributed by atoms with E-state index in [-0.39, 0.29) is 0 Å². The molecule has 0 saturated carbocycles. The molecule has 1 heterocycles. The highest BCUT2D eigenvalue weighted by Gasteiger charge is 2.28. The number of benzene rings is 2. The van der Waals surface area contributed by atoms with Gasteiger partial charge in [0.2, 0.25) is 5.69 Å². The van der Waals surface area contributed by atoms with E-state index in [1.165, 1.54) is 39.1 Å². The summed E-state index contributed by atoms with van der Waals surface area (Å²) in [5, 5.41) is 0. The minimum absolute atomic E-state index is 1.05. The number of hydrogen-bond donors (Lipinski definition) is 0. The molecule has 4 rings (SSSR count). The Morgan fingerprint density at radius 1 is 0.810 bits per heavy atom. The van der Waals surface area contributed by atoms with Crippen molar-refractivity contribution in [1.82, 2.24) is 0 Å². The fourth-order valence-electron chi connectivity index (χ4n) is 3.42. The van der Waals surface area contributed by atoms with Crippen molar-refractivity contribution in [1.29, 1.82) is 0 Å². The minimum atomic E-state index is 1.05. The number of rotatable bonds is 1. The molecular weight excluding hydrogens is 254 g/mol. The normalized spacial score (nSPS) is 12.1. The molecule has 1 aromatic heterocycles. The molecule has 2 aromatic carbocycles. The third-order valence-electron chi connectivity index (χ3n) is 4.48. The highest BCUT2D eigenvalue weighted by molar-refractivity contribution is 5.87. The molecule has 0 N–H and O–H groups in total. The third-order valence-corrected chi connectivity index (χ3v) is 4.48. The zero-order chi connectivity index (χ0) is 14.4. The van der Waals surface area contributed by atoms with Crippen LogP contribution in [0, 0.1) is 6.92 Å². The number of aryl methyl sites for hydroxylation is 2. The van der Waals surface area contributed by atoms with Gasteiger partial charge in [-0.25, -0.2) is 4.57 Å². The predicted molar refractivity (Wildman–Crippen MR) is 86.0 cm³/mol. The standard InChI is InChI=1S/C20H18N/c1-14-7-3-5-9-17(14)20-19-16(11-12-21(20)2)13-15-8-4-6-10-18(15)19/h3-12H,13H2,1-2H3/q+1. The maximum atomic E-state index is 2.26. The van der Waals surface area contributed by atoms with E-state index >= 15 is 0 Å². The smallest absolute Gasteiger partial charge is 0.200 e. The van der Waals surface area contributed by atoms with E-state index in [1.54, 1.807) is 0 Å². The molecule has 1 aliphatic carbocycles. The van der Waals surface area contributed by atoms with Gasteiger partial charge in [0.05, 0.1) is 5.56 Å². The van der Waals surface area contributed by atoms with Gasteiger partial charge in [-0.15, -0.1) is 0 Å². The van der Waals surface area contributed by atoms with E-state index in [9.17, 15) is 0 Å². The average molecular weight is 272 g/mol. The largest absolute Gasteiger partial charge is 0.220 e. The Kier molecular flexibility index (Phi) is 2.68. The molecule has 21 heavy (non-hydrogen) atoms. The van der Waals surface area contributed by atoms with Crippen LogP contribution >= 0.6 is 0 Å². The summed E-state index contributed by atoms with van der Waals surface area (Å²) in [6.07, 6.45) is 3.23. The Hall–Kier alpha value is -2.41. The number of hydrogen-bond acceptors (Lipinski definition) is 0. The summed E-state index contributed by atoms with van der Waals surface area (Å²) in [6.45, 7) is 2.19. The number of fused-ring (bicyclic) bond motifs is 3. The summed E-state index contributed by atoms with van der Waals surface area (Å²) >= 11 is 0. The van der Waals surface area contributed by atoms with Crippen LogP contribution < -0.4 is 4.57 Å². The summed E-state index contributed by atoms with van der Waals surface area (Å²) < 4.78 is 2.25. The van der Waals surface area contributed by atoms with Crippen LogP contribution in [0.5, 0.6) is 0 Å². The maximum absolute atomic E-state index is 2.26. The van der Waals surface area contributed by atoms with Crippen LogP contribution in [0.4, 0.5) is 0 Å². The van der Waals surface area contributed by atoms with Gasteiger partial charge >= 0.3 is 0 Å². The van der Waals surface area contributed by atoms with Crippen LogP contribution in [0.3, 0.4) is 0 Å². The molecule has 1 nitrogen and oxygen atoms in total. The van der Waals surface area contributed by atoms with Gasteiger partial charge in [0.1, 0.15) is 7.05 Å². The molecule has 0 spiro atoms. The first-order chi connectivity index (χ1) is 10.3. The van der Waals surface area contributed by atoms with Crippen LogP contribution in [0.2, 0.25) is 0 Å². The van der Waals surface area contributed by atoms with Crippen LogP contribution in [0.25, 0.3) is 22.4 Å². The fourth-order valence-corrected chi connectivity index (χ4v) is 3.42. The molecule has 0 saturated heterocycles. The Morgan fingerprint density at radius 3 is 2.33 bits per heavy atom. The van der Waals surface area contributed by atoms with E-state index in [2.05, 4.69) is 79.3 Å². The van der Waals surface area contributed by atoms with E-state index in [0.717, 1.165) is 6.42 Å². The zero-order valence-corrected chi connectivity index (χ0v) is 12.4. The topological polar surface area (TPSA) is 3.88 Å². The first-order valence-electron chi connectivity index (χ1n) is 7.41. The molecule has 0 aliphatic heterocycles. The zero-order valence-electron chi connectivity index (χ0n) is 12.4. The van der Waals surface area contributed by atoms with Gasteiger partial charge in [0.25, 0.3) is 0 Å². The molecular formula is C20H18N+. The van der Waals surface area contributed by atoms with E-state index < -0.39 is 0 Å². The Balaban J connectivity index is 2.08. The van der Waals surface area contributed by atoms with Gasteiger partial charge in [-0.1, -0.05) is 42.5 Å².